The van der Waals surface area contributed by atoms with Crippen molar-refractivity contribution in [3.8, 4) is 0 Å². The van der Waals surface area contributed by atoms with Gasteiger partial charge in [0.2, 0.25) is 5.91 Å². The Bertz CT molecular complexity index is 312. The first-order chi connectivity index (χ1) is 8.65. The van der Waals surface area contributed by atoms with Crippen molar-refractivity contribution < 1.29 is 9.53 Å². The number of hydrogen-bond acceptors (Lipinski definition) is 3. The molecule has 3 atom stereocenters. The van der Waals surface area contributed by atoms with Crippen LogP contribution in [0, 0.1) is 0 Å². The lowest BCUT2D eigenvalue weighted by molar-refractivity contribution is -0.125. The summed E-state index contributed by atoms with van der Waals surface area (Å²) in [6.07, 6.45) is 2.95. The van der Waals surface area contributed by atoms with Crippen molar-refractivity contribution in [1.82, 2.24) is 10.6 Å². The Morgan fingerprint density at radius 1 is 1.47 bits per heavy atom. The molecule has 0 radical (unpaired) electrons. The van der Waals surface area contributed by atoms with Crippen LogP contribution in [0.15, 0.2) is 0 Å². The van der Waals surface area contributed by atoms with Gasteiger partial charge in [-0.15, -0.1) is 0 Å². The second-order valence-electron chi connectivity index (χ2n) is 6.97. The van der Waals surface area contributed by atoms with Gasteiger partial charge >= 0.3 is 0 Å². The zero-order valence-electron chi connectivity index (χ0n) is 13.3. The molecule has 4 nitrogen and oxygen atoms in total. The normalized spacial score (nSPS) is 29.9. The van der Waals surface area contributed by atoms with Crippen molar-refractivity contribution in [2.45, 2.75) is 84.0 Å². The van der Waals surface area contributed by atoms with Crippen LogP contribution in [0.25, 0.3) is 0 Å². The van der Waals surface area contributed by atoms with Gasteiger partial charge in [0.05, 0.1) is 11.6 Å². The molecule has 0 saturated carbocycles. The standard InChI is InChI=1S/C15H30N2O2/c1-7-15(6)10-12(8-9-19-15)16-11(2)13(18)17-14(3,4)5/h11-12,16H,7-10H2,1-6H3,(H,17,18). The van der Waals surface area contributed by atoms with E-state index in [1.54, 1.807) is 0 Å². The van der Waals surface area contributed by atoms with Gasteiger partial charge in [-0.05, 0) is 53.9 Å². The van der Waals surface area contributed by atoms with Crippen LogP contribution in [0.2, 0.25) is 0 Å². The first kappa shape index (κ1) is 16.4. The fourth-order valence-electron chi connectivity index (χ4n) is 2.43. The summed E-state index contributed by atoms with van der Waals surface area (Å²) in [6.45, 7) is 13.0. The highest BCUT2D eigenvalue weighted by Crippen LogP contribution is 2.27. The quantitative estimate of drug-likeness (QED) is 0.823. The predicted molar refractivity (Wildman–Crippen MR) is 78.2 cm³/mol. The van der Waals surface area contributed by atoms with Crippen molar-refractivity contribution in [2.75, 3.05) is 6.61 Å². The van der Waals surface area contributed by atoms with Crippen LogP contribution in [0.5, 0.6) is 0 Å². The van der Waals surface area contributed by atoms with Gasteiger partial charge in [-0.25, -0.2) is 0 Å². The van der Waals surface area contributed by atoms with Gasteiger partial charge in [0.15, 0.2) is 0 Å². The Labute approximate surface area is 117 Å². The molecule has 0 aromatic rings. The van der Waals surface area contributed by atoms with Crippen LogP contribution in [0.1, 0.15) is 60.8 Å². The highest BCUT2D eigenvalue weighted by atomic mass is 16.5. The molecule has 1 aliphatic rings. The maximum absolute atomic E-state index is 12.1. The highest BCUT2D eigenvalue weighted by molar-refractivity contribution is 5.81. The minimum absolute atomic E-state index is 0.0455. The van der Waals surface area contributed by atoms with E-state index in [0.717, 1.165) is 25.9 Å². The Hall–Kier alpha value is -0.610. The van der Waals surface area contributed by atoms with Crippen LogP contribution in [0.3, 0.4) is 0 Å². The molecule has 1 aliphatic heterocycles. The van der Waals surface area contributed by atoms with Crippen molar-refractivity contribution in [3.63, 3.8) is 0 Å². The maximum atomic E-state index is 12.1. The molecule has 0 aromatic heterocycles. The topological polar surface area (TPSA) is 50.4 Å². The van der Waals surface area contributed by atoms with Crippen LogP contribution in [-0.2, 0) is 9.53 Å². The number of hydrogen-bond donors (Lipinski definition) is 2. The van der Waals surface area contributed by atoms with Crippen LogP contribution in [0.4, 0.5) is 0 Å². The molecular weight excluding hydrogens is 240 g/mol. The Balaban J connectivity index is 2.48. The van der Waals surface area contributed by atoms with Gasteiger partial charge < -0.3 is 15.4 Å². The van der Waals surface area contributed by atoms with Gasteiger partial charge in [0, 0.05) is 18.2 Å². The third-order valence-electron chi connectivity index (χ3n) is 3.72. The first-order valence-corrected chi connectivity index (χ1v) is 7.37. The molecule has 0 bridgehead atoms. The summed E-state index contributed by atoms with van der Waals surface area (Å²) >= 11 is 0. The lowest BCUT2D eigenvalue weighted by atomic mass is 9.89. The van der Waals surface area contributed by atoms with Gasteiger partial charge in [-0.3, -0.25) is 4.79 Å². The van der Waals surface area contributed by atoms with Gasteiger partial charge in [-0.2, -0.15) is 0 Å². The minimum Gasteiger partial charge on any atom is -0.375 e. The Morgan fingerprint density at radius 2 is 2.11 bits per heavy atom. The first-order valence-electron chi connectivity index (χ1n) is 7.37. The van der Waals surface area contributed by atoms with Gasteiger partial charge in [0.25, 0.3) is 0 Å². The number of carbonyl (C=O) groups excluding carboxylic acids is 1. The van der Waals surface area contributed by atoms with E-state index in [1.165, 1.54) is 0 Å². The third kappa shape index (κ3) is 5.49. The average molecular weight is 270 g/mol. The summed E-state index contributed by atoms with van der Waals surface area (Å²) in [5.74, 6) is 0.0668. The van der Waals surface area contributed by atoms with Crippen LogP contribution >= 0.6 is 0 Å². The van der Waals surface area contributed by atoms with Crippen molar-refractivity contribution in [1.29, 1.82) is 0 Å². The lowest BCUT2D eigenvalue weighted by Gasteiger charge is -2.39. The van der Waals surface area contributed by atoms with Crippen molar-refractivity contribution in [3.05, 3.63) is 0 Å². The summed E-state index contributed by atoms with van der Waals surface area (Å²) in [5, 5.41) is 6.45. The zero-order chi connectivity index (χ0) is 14.7. The van der Waals surface area contributed by atoms with E-state index in [9.17, 15) is 4.79 Å². The van der Waals surface area contributed by atoms with E-state index in [-0.39, 0.29) is 23.1 Å². The fourth-order valence-corrected chi connectivity index (χ4v) is 2.43. The molecule has 3 unspecified atom stereocenters. The Kier molecular flexibility index (Phi) is 5.39. The van der Waals surface area contributed by atoms with Crippen molar-refractivity contribution >= 4 is 5.91 Å². The molecule has 1 heterocycles. The smallest absolute Gasteiger partial charge is 0.237 e. The predicted octanol–water partition coefficient (Wildman–Crippen LogP) is 2.23. The SMILES string of the molecule is CCC1(C)CC(NC(C)C(=O)NC(C)(C)C)CCO1. The molecule has 0 spiro atoms. The zero-order valence-corrected chi connectivity index (χ0v) is 13.3. The molecule has 2 N–H and O–H groups in total. The largest absolute Gasteiger partial charge is 0.375 e. The maximum Gasteiger partial charge on any atom is 0.237 e. The van der Waals surface area contributed by atoms with Gasteiger partial charge in [0.1, 0.15) is 0 Å². The molecule has 112 valence electrons. The van der Waals surface area contributed by atoms with E-state index in [2.05, 4.69) is 24.5 Å². The number of ether oxygens (including phenoxy) is 1. The average Bonchev–Trinajstić information content (AvgIpc) is 2.27. The summed E-state index contributed by atoms with van der Waals surface area (Å²) < 4.78 is 5.83. The van der Waals surface area contributed by atoms with Crippen LogP contribution < -0.4 is 10.6 Å². The van der Waals surface area contributed by atoms with E-state index >= 15 is 0 Å². The minimum atomic E-state index is -0.180. The summed E-state index contributed by atoms with van der Waals surface area (Å²) in [5.41, 5.74) is -0.225. The molecule has 0 aliphatic carbocycles. The molecule has 19 heavy (non-hydrogen) atoms. The summed E-state index contributed by atoms with van der Waals surface area (Å²) in [7, 11) is 0. The number of amides is 1. The van der Waals surface area contributed by atoms with Crippen molar-refractivity contribution in [2.24, 2.45) is 0 Å². The number of rotatable bonds is 4. The summed E-state index contributed by atoms with van der Waals surface area (Å²) in [6, 6.07) is 0.197. The molecule has 1 fully saturated rings. The molecule has 1 rings (SSSR count). The lowest BCUT2D eigenvalue weighted by Crippen LogP contribution is -2.54. The molecule has 0 aromatic carbocycles. The van der Waals surface area contributed by atoms with Crippen LogP contribution in [-0.4, -0.2) is 35.7 Å². The second kappa shape index (κ2) is 6.23. The van der Waals surface area contributed by atoms with E-state index in [4.69, 9.17) is 4.74 Å². The highest BCUT2D eigenvalue weighted by Gasteiger charge is 2.33. The number of carbonyl (C=O) groups is 1. The molecule has 1 amide bonds. The molecular formula is C15H30N2O2. The Morgan fingerprint density at radius 3 is 2.63 bits per heavy atom. The van der Waals surface area contributed by atoms with Gasteiger partial charge in [-0.1, -0.05) is 6.92 Å². The summed E-state index contributed by atoms with van der Waals surface area (Å²) in [4.78, 5) is 12.1. The van der Waals surface area contributed by atoms with E-state index < -0.39 is 0 Å². The fraction of sp³-hybridized carbons (Fsp3) is 0.933. The van der Waals surface area contributed by atoms with E-state index in [1.807, 2.05) is 27.7 Å². The molecule has 4 heteroatoms. The third-order valence-corrected chi connectivity index (χ3v) is 3.72. The monoisotopic (exact) mass is 270 g/mol. The van der Waals surface area contributed by atoms with E-state index in [0.29, 0.717) is 6.04 Å². The second-order valence-corrected chi connectivity index (χ2v) is 6.97. The molecule has 1 saturated heterocycles. The number of nitrogens with one attached hydrogen (secondary N) is 2.